The van der Waals surface area contributed by atoms with Gasteiger partial charge in [0.25, 0.3) is 11.8 Å². The van der Waals surface area contributed by atoms with Crippen LogP contribution in [0.5, 0.6) is 5.75 Å². The lowest BCUT2D eigenvalue weighted by molar-refractivity contribution is 0.0692. The molecule has 0 bridgehead atoms. The number of nitrogens with one attached hydrogen (secondary N) is 2. The normalized spacial score (nSPS) is 14.5. The fourth-order valence-corrected chi connectivity index (χ4v) is 5.87. The second-order valence-electron chi connectivity index (χ2n) is 10.2. The van der Waals surface area contributed by atoms with Gasteiger partial charge in [0.1, 0.15) is 22.1 Å². The molecule has 0 spiro atoms. The maximum atomic E-state index is 13.8. The first-order chi connectivity index (χ1) is 20.5. The van der Waals surface area contributed by atoms with E-state index in [-0.39, 0.29) is 23.9 Å². The number of methoxy groups -OCH3 is 1. The molecule has 0 unspecified atom stereocenters. The summed E-state index contributed by atoms with van der Waals surface area (Å²) >= 11 is 1.54. The van der Waals surface area contributed by atoms with Crippen LogP contribution in [0, 0.1) is 0 Å². The predicted octanol–water partition coefficient (Wildman–Crippen LogP) is 5.07. The van der Waals surface area contributed by atoms with E-state index in [4.69, 9.17) is 14.7 Å². The van der Waals surface area contributed by atoms with Crippen molar-refractivity contribution >= 4 is 33.8 Å². The number of likely N-dealkylation sites (tertiary alicyclic amines) is 1. The lowest BCUT2D eigenvalue weighted by atomic mass is 10.0. The summed E-state index contributed by atoms with van der Waals surface area (Å²) in [6.07, 6.45) is 4.94. The topological polar surface area (TPSA) is 114 Å². The summed E-state index contributed by atoms with van der Waals surface area (Å²) < 4.78 is 7.06. The van der Waals surface area contributed by atoms with Crippen molar-refractivity contribution in [2.24, 2.45) is 0 Å². The Balaban J connectivity index is 1.21. The summed E-state index contributed by atoms with van der Waals surface area (Å²) in [5.41, 5.74) is 2.76. The average molecular weight is 582 g/mol. The molecule has 214 valence electrons. The third-order valence-electron chi connectivity index (χ3n) is 7.45. The molecular formula is C31H31N7O3S. The molecule has 1 aliphatic heterocycles. The number of amides is 2. The molecule has 4 heterocycles. The van der Waals surface area contributed by atoms with Crippen molar-refractivity contribution in [2.45, 2.75) is 31.8 Å². The van der Waals surface area contributed by atoms with Gasteiger partial charge in [-0.2, -0.15) is 5.10 Å². The van der Waals surface area contributed by atoms with Crippen LogP contribution >= 0.6 is 11.3 Å². The number of benzene rings is 2. The number of thiazole rings is 1. The highest BCUT2D eigenvalue weighted by molar-refractivity contribution is 7.16. The molecule has 3 aromatic heterocycles. The number of nitrogens with zero attached hydrogens (tertiary/aromatic N) is 5. The second kappa shape index (κ2) is 12.0. The molecule has 0 saturated carbocycles. The second-order valence-corrected chi connectivity index (χ2v) is 11.1. The maximum absolute atomic E-state index is 13.8. The molecule has 2 aromatic carbocycles. The Hall–Kier alpha value is -4.77. The smallest absolute Gasteiger partial charge is 0.272 e. The fraction of sp³-hybridized carbons (Fsp3) is 0.258. The molecule has 1 atom stereocenters. The van der Waals surface area contributed by atoms with E-state index in [1.165, 1.54) is 11.3 Å². The summed E-state index contributed by atoms with van der Waals surface area (Å²) in [4.78, 5) is 38.6. The largest absolute Gasteiger partial charge is 0.497 e. The number of carbonyl (C=O) groups is 2. The number of aromatic nitrogens is 4. The summed E-state index contributed by atoms with van der Waals surface area (Å²) in [5, 5.41) is 12.9. The third kappa shape index (κ3) is 5.82. The number of rotatable bonds is 8. The van der Waals surface area contributed by atoms with Gasteiger partial charge in [-0.25, -0.2) is 14.5 Å². The van der Waals surface area contributed by atoms with Crippen LogP contribution in [0.2, 0.25) is 0 Å². The highest BCUT2D eigenvalue weighted by Crippen LogP contribution is 2.28. The van der Waals surface area contributed by atoms with Gasteiger partial charge in [-0.15, -0.1) is 11.3 Å². The molecule has 1 fully saturated rings. The van der Waals surface area contributed by atoms with Crippen molar-refractivity contribution in [2.75, 3.05) is 25.5 Å². The SMILES string of the molecule is COc1ccc([C@@H](C)Nc2cc(C(=O)N3CCC(NC(=O)c4ccccc4)CC3)nc(-c3cnn4ccsc34)n2)cc1. The van der Waals surface area contributed by atoms with Gasteiger partial charge in [0, 0.05) is 48.4 Å². The highest BCUT2D eigenvalue weighted by atomic mass is 32.1. The van der Waals surface area contributed by atoms with Crippen molar-refractivity contribution < 1.29 is 14.3 Å². The zero-order valence-corrected chi connectivity index (χ0v) is 24.2. The Kier molecular flexibility index (Phi) is 7.83. The Morgan fingerprint density at radius 3 is 2.55 bits per heavy atom. The first-order valence-electron chi connectivity index (χ1n) is 13.8. The lowest BCUT2D eigenvalue weighted by Crippen LogP contribution is -2.46. The predicted molar refractivity (Wildman–Crippen MR) is 162 cm³/mol. The van der Waals surface area contributed by atoms with Crippen LogP contribution in [0.3, 0.4) is 0 Å². The van der Waals surface area contributed by atoms with Gasteiger partial charge >= 0.3 is 0 Å². The molecule has 5 aromatic rings. The quantitative estimate of drug-likeness (QED) is 0.263. The van der Waals surface area contributed by atoms with E-state index in [0.29, 0.717) is 48.8 Å². The molecular weight excluding hydrogens is 550 g/mol. The van der Waals surface area contributed by atoms with Crippen LogP contribution in [0.25, 0.3) is 16.2 Å². The standard InChI is InChI=1S/C31H31N7O3S/c1-20(21-8-10-24(41-2)11-9-21)33-27-18-26(35-28(36-27)25-19-32-38-16-17-42-31(25)38)30(40)37-14-12-23(13-15-37)34-29(39)22-6-4-3-5-7-22/h3-11,16-20,23H,12-15H2,1-2H3,(H,34,39)(H,33,35,36)/t20-/m1/s1. The summed E-state index contributed by atoms with van der Waals surface area (Å²) in [6.45, 7) is 3.08. The van der Waals surface area contributed by atoms with Crippen LogP contribution in [0.4, 0.5) is 5.82 Å². The van der Waals surface area contributed by atoms with E-state index >= 15 is 0 Å². The van der Waals surface area contributed by atoms with Crippen molar-refractivity contribution in [3.05, 3.63) is 95.3 Å². The lowest BCUT2D eigenvalue weighted by Gasteiger charge is -2.32. The number of anilines is 1. The zero-order valence-electron chi connectivity index (χ0n) is 23.4. The van der Waals surface area contributed by atoms with Crippen LogP contribution in [-0.2, 0) is 0 Å². The van der Waals surface area contributed by atoms with Crippen molar-refractivity contribution in [1.29, 1.82) is 0 Å². The Morgan fingerprint density at radius 1 is 1.05 bits per heavy atom. The monoisotopic (exact) mass is 581 g/mol. The average Bonchev–Trinajstić information content (AvgIpc) is 3.66. The molecule has 1 saturated heterocycles. The molecule has 0 aliphatic carbocycles. The van der Waals surface area contributed by atoms with Gasteiger partial charge < -0.3 is 20.3 Å². The summed E-state index contributed by atoms with van der Waals surface area (Å²) in [5.74, 6) is 1.51. The van der Waals surface area contributed by atoms with Gasteiger partial charge in [0.15, 0.2) is 5.82 Å². The molecule has 42 heavy (non-hydrogen) atoms. The fourth-order valence-electron chi connectivity index (χ4n) is 5.08. The number of carbonyl (C=O) groups excluding carboxylic acids is 2. The molecule has 1 aliphatic rings. The molecule has 6 rings (SSSR count). The summed E-state index contributed by atoms with van der Waals surface area (Å²) in [7, 11) is 1.64. The number of piperidine rings is 1. The summed E-state index contributed by atoms with van der Waals surface area (Å²) in [6, 6.07) is 18.6. The minimum Gasteiger partial charge on any atom is -0.497 e. The van der Waals surface area contributed by atoms with E-state index in [0.717, 1.165) is 21.7 Å². The highest BCUT2D eigenvalue weighted by Gasteiger charge is 2.27. The van der Waals surface area contributed by atoms with E-state index in [9.17, 15) is 9.59 Å². The zero-order chi connectivity index (χ0) is 29.1. The molecule has 10 nitrogen and oxygen atoms in total. The molecule has 2 N–H and O–H groups in total. The van der Waals surface area contributed by atoms with Gasteiger partial charge in [-0.05, 0) is 49.6 Å². The number of hydrogen-bond donors (Lipinski definition) is 2. The van der Waals surface area contributed by atoms with Crippen LogP contribution in [-0.4, -0.2) is 62.5 Å². The Labute approximate surface area is 247 Å². The maximum Gasteiger partial charge on any atom is 0.272 e. The van der Waals surface area contributed by atoms with Gasteiger partial charge in [0.05, 0.1) is 18.9 Å². The van der Waals surface area contributed by atoms with Gasteiger partial charge in [-0.1, -0.05) is 30.3 Å². The Morgan fingerprint density at radius 2 is 1.81 bits per heavy atom. The van der Waals surface area contributed by atoms with Gasteiger partial charge in [0.2, 0.25) is 0 Å². The first kappa shape index (κ1) is 27.4. The Bertz CT molecular complexity index is 1690. The van der Waals surface area contributed by atoms with Crippen LogP contribution in [0.15, 0.2) is 78.4 Å². The van der Waals surface area contributed by atoms with Gasteiger partial charge in [-0.3, -0.25) is 9.59 Å². The molecule has 11 heteroatoms. The van der Waals surface area contributed by atoms with Crippen LogP contribution < -0.4 is 15.4 Å². The first-order valence-corrected chi connectivity index (χ1v) is 14.7. The third-order valence-corrected chi connectivity index (χ3v) is 8.34. The number of fused-ring (bicyclic) bond motifs is 1. The van der Waals surface area contributed by atoms with Crippen molar-refractivity contribution in [3.8, 4) is 17.1 Å². The number of ether oxygens (including phenoxy) is 1. The van der Waals surface area contributed by atoms with E-state index in [1.54, 1.807) is 40.9 Å². The molecule has 2 amide bonds. The molecule has 0 radical (unpaired) electrons. The van der Waals surface area contributed by atoms with E-state index < -0.39 is 0 Å². The number of hydrogen-bond acceptors (Lipinski definition) is 8. The van der Waals surface area contributed by atoms with Crippen molar-refractivity contribution in [1.82, 2.24) is 29.8 Å². The van der Waals surface area contributed by atoms with E-state index in [2.05, 4.69) is 15.7 Å². The minimum absolute atomic E-state index is 0.00446. The minimum atomic E-state index is -0.166. The van der Waals surface area contributed by atoms with Crippen LogP contribution in [0.1, 0.15) is 52.2 Å². The van der Waals surface area contributed by atoms with Crippen molar-refractivity contribution in [3.63, 3.8) is 0 Å². The van der Waals surface area contributed by atoms with E-state index in [1.807, 2.05) is 61.0 Å².